The fourth-order valence-electron chi connectivity index (χ4n) is 3.37. The van der Waals surface area contributed by atoms with Crippen LogP contribution in [-0.2, 0) is 0 Å². The third-order valence-corrected chi connectivity index (χ3v) is 4.93. The van der Waals surface area contributed by atoms with Crippen molar-refractivity contribution in [2.75, 3.05) is 44.2 Å². The third kappa shape index (κ3) is 5.44. The smallest absolute Gasteiger partial charge is 0.273 e. The molecule has 3 rings (SSSR count). The fourth-order valence-corrected chi connectivity index (χ4v) is 3.37. The van der Waals surface area contributed by atoms with Crippen LogP contribution in [0.5, 0.6) is 5.75 Å². The predicted octanol–water partition coefficient (Wildman–Crippen LogP) is 2.43. The Morgan fingerprint density at radius 2 is 1.96 bits per heavy atom. The van der Waals surface area contributed by atoms with Crippen LogP contribution in [0.25, 0.3) is 0 Å². The summed E-state index contributed by atoms with van der Waals surface area (Å²) in [7, 11) is 0. The zero-order valence-corrected chi connectivity index (χ0v) is 15.9. The van der Waals surface area contributed by atoms with Gasteiger partial charge in [0.05, 0.1) is 0 Å². The summed E-state index contributed by atoms with van der Waals surface area (Å²) in [5, 5.41) is 12.5. The van der Waals surface area contributed by atoms with Gasteiger partial charge in [0.2, 0.25) is 0 Å². The van der Waals surface area contributed by atoms with Gasteiger partial charge in [0.1, 0.15) is 5.75 Å². The van der Waals surface area contributed by atoms with Crippen molar-refractivity contribution in [3.05, 3.63) is 53.9 Å². The van der Waals surface area contributed by atoms with Crippen molar-refractivity contribution in [3.63, 3.8) is 0 Å². The summed E-state index contributed by atoms with van der Waals surface area (Å²) in [5.74, 6) is -0.402. The van der Waals surface area contributed by atoms with E-state index in [1.807, 2.05) is 0 Å². The van der Waals surface area contributed by atoms with E-state index in [0.717, 1.165) is 45.6 Å². The molecule has 0 aliphatic carbocycles. The van der Waals surface area contributed by atoms with Gasteiger partial charge in [-0.25, -0.2) is 4.98 Å². The molecule has 1 aromatic heterocycles. The molecule has 0 saturated carbocycles. The van der Waals surface area contributed by atoms with E-state index in [9.17, 15) is 9.90 Å². The van der Waals surface area contributed by atoms with E-state index in [1.54, 1.807) is 6.07 Å². The van der Waals surface area contributed by atoms with Gasteiger partial charge in [-0.05, 0) is 56.1 Å². The van der Waals surface area contributed by atoms with Crippen LogP contribution in [0.1, 0.15) is 28.9 Å². The maximum Gasteiger partial charge on any atom is 0.273 e. The molecule has 2 heterocycles. The molecule has 1 amide bonds. The van der Waals surface area contributed by atoms with Crippen molar-refractivity contribution >= 4 is 11.6 Å². The van der Waals surface area contributed by atoms with Gasteiger partial charge >= 0.3 is 0 Å². The minimum absolute atomic E-state index is 0.0820. The second-order valence-corrected chi connectivity index (χ2v) is 7.00. The largest absolute Gasteiger partial charge is 0.505 e. The van der Waals surface area contributed by atoms with E-state index >= 15 is 0 Å². The van der Waals surface area contributed by atoms with E-state index < -0.39 is 0 Å². The standard InChI is InChI=1S/C21H28N4O2/c1-17-6-4-7-18(16-17)25-14-12-24(13-15-25)11-3-2-9-23-21(27)20-19(26)8-5-10-22-20/h4-8,10,16,26H,2-3,9,11-15H2,1H3,(H,23,27). The molecule has 2 aromatic rings. The van der Waals surface area contributed by atoms with Gasteiger partial charge in [-0.2, -0.15) is 0 Å². The first-order valence-corrected chi connectivity index (χ1v) is 9.59. The molecular formula is C21H28N4O2. The number of nitrogens with zero attached hydrogens (tertiary/aromatic N) is 3. The Hall–Kier alpha value is -2.60. The summed E-state index contributed by atoms with van der Waals surface area (Å²) in [4.78, 5) is 20.8. The highest BCUT2D eigenvalue weighted by Gasteiger charge is 2.17. The van der Waals surface area contributed by atoms with Crippen LogP contribution in [0.2, 0.25) is 0 Å². The molecule has 0 atom stereocenters. The van der Waals surface area contributed by atoms with Crippen LogP contribution in [0, 0.1) is 6.92 Å². The summed E-state index contributed by atoms with van der Waals surface area (Å²) < 4.78 is 0. The number of pyridine rings is 1. The van der Waals surface area contributed by atoms with E-state index in [2.05, 4.69) is 51.3 Å². The van der Waals surface area contributed by atoms with Gasteiger partial charge in [-0.15, -0.1) is 0 Å². The lowest BCUT2D eigenvalue weighted by atomic mass is 10.2. The summed E-state index contributed by atoms with van der Waals surface area (Å²) in [6.45, 7) is 8.03. The maximum absolute atomic E-state index is 12.0. The SMILES string of the molecule is Cc1cccc(N2CCN(CCCCNC(=O)c3ncccc3O)CC2)c1. The van der Waals surface area contributed by atoms with Gasteiger partial charge in [-0.1, -0.05) is 12.1 Å². The Labute approximate surface area is 160 Å². The van der Waals surface area contributed by atoms with Crippen molar-refractivity contribution < 1.29 is 9.90 Å². The molecule has 1 fully saturated rings. The number of amides is 1. The maximum atomic E-state index is 12.0. The Bertz CT molecular complexity index is 757. The molecule has 0 radical (unpaired) electrons. The number of anilines is 1. The van der Waals surface area contributed by atoms with Crippen molar-refractivity contribution in [1.82, 2.24) is 15.2 Å². The van der Waals surface area contributed by atoms with Crippen LogP contribution in [-0.4, -0.2) is 60.2 Å². The monoisotopic (exact) mass is 368 g/mol. The van der Waals surface area contributed by atoms with Crippen LogP contribution in [0.4, 0.5) is 5.69 Å². The van der Waals surface area contributed by atoms with Crippen LogP contribution >= 0.6 is 0 Å². The molecule has 1 saturated heterocycles. The Kier molecular flexibility index (Phi) is 6.65. The first kappa shape index (κ1) is 19.2. The van der Waals surface area contributed by atoms with Gasteiger partial charge in [0, 0.05) is 44.6 Å². The van der Waals surface area contributed by atoms with Crippen LogP contribution < -0.4 is 10.2 Å². The minimum Gasteiger partial charge on any atom is -0.505 e. The second kappa shape index (κ2) is 9.37. The molecule has 144 valence electrons. The summed E-state index contributed by atoms with van der Waals surface area (Å²) in [5.41, 5.74) is 2.70. The number of carbonyl (C=O) groups is 1. The number of benzene rings is 1. The fraction of sp³-hybridized carbons (Fsp3) is 0.429. The molecule has 6 heteroatoms. The number of hydrogen-bond acceptors (Lipinski definition) is 5. The molecule has 2 N–H and O–H groups in total. The highest BCUT2D eigenvalue weighted by Crippen LogP contribution is 2.18. The molecule has 27 heavy (non-hydrogen) atoms. The first-order chi connectivity index (χ1) is 13.1. The quantitative estimate of drug-likeness (QED) is 0.735. The van der Waals surface area contributed by atoms with E-state index in [0.29, 0.717) is 6.54 Å². The Morgan fingerprint density at radius 3 is 2.70 bits per heavy atom. The number of nitrogens with one attached hydrogen (secondary N) is 1. The molecular weight excluding hydrogens is 340 g/mol. The lowest BCUT2D eigenvalue weighted by Crippen LogP contribution is -2.46. The van der Waals surface area contributed by atoms with Crippen LogP contribution in [0.15, 0.2) is 42.6 Å². The summed E-state index contributed by atoms with van der Waals surface area (Å²) >= 11 is 0. The van der Waals surface area contributed by atoms with Gasteiger partial charge in [0.25, 0.3) is 5.91 Å². The van der Waals surface area contributed by atoms with Crippen molar-refractivity contribution in [1.29, 1.82) is 0 Å². The highest BCUT2D eigenvalue weighted by molar-refractivity contribution is 5.94. The zero-order valence-electron chi connectivity index (χ0n) is 15.9. The number of unbranched alkanes of at least 4 members (excludes halogenated alkanes) is 1. The normalized spacial score (nSPS) is 14.9. The second-order valence-electron chi connectivity index (χ2n) is 7.00. The molecule has 1 aromatic carbocycles. The molecule has 0 spiro atoms. The van der Waals surface area contributed by atoms with Gasteiger partial charge in [-0.3, -0.25) is 9.69 Å². The zero-order chi connectivity index (χ0) is 19.1. The lowest BCUT2D eigenvalue weighted by molar-refractivity contribution is 0.0944. The van der Waals surface area contributed by atoms with E-state index in [1.165, 1.54) is 23.5 Å². The number of aromatic nitrogens is 1. The summed E-state index contributed by atoms with van der Waals surface area (Å²) in [6.07, 6.45) is 3.46. The average Bonchev–Trinajstić information content (AvgIpc) is 2.68. The molecule has 1 aliphatic rings. The molecule has 1 aliphatic heterocycles. The van der Waals surface area contributed by atoms with Crippen LogP contribution in [0.3, 0.4) is 0 Å². The Balaban J connectivity index is 1.32. The molecule has 0 unspecified atom stereocenters. The van der Waals surface area contributed by atoms with Gasteiger partial charge < -0.3 is 15.3 Å². The first-order valence-electron chi connectivity index (χ1n) is 9.59. The lowest BCUT2D eigenvalue weighted by Gasteiger charge is -2.36. The highest BCUT2D eigenvalue weighted by atomic mass is 16.3. The van der Waals surface area contributed by atoms with Gasteiger partial charge in [0.15, 0.2) is 5.69 Å². The van der Waals surface area contributed by atoms with E-state index in [-0.39, 0.29) is 17.4 Å². The molecule has 0 bridgehead atoms. The Morgan fingerprint density at radius 1 is 1.15 bits per heavy atom. The number of hydrogen-bond donors (Lipinski definition) is 2. The number of rotatable bonds is 7. The van der Waals surface area contributed by atoms with Crippen molar-refractivity contribution in [2.45, 2.75) is 19.8 Å². The number of aryl methyl sites for hydroxylation is 1. The van der Waals surface area contributed by atoms with Crippen molar-refractivity contribution in [3.8, 4) is 5.75 Å². The van der Waals surface area contributed by atoms with Crippen molar-refractivity contribution in [2.24, 2.45) is 0 Å². The number of carbonyl (C=O) groups excluding carboxylic acids is 1. The van der Waals surface area contributed by atoms with E-state index in [4.69, 9.17) is 0 Å². The third-order valence-electron chi connectivity index (χ3n) is 4.93. The summed E-state index contributed by atoms with van der Waals surface area (Å²) in [6, 6.07) is 11.8. The molecule has 6 nitrogen and oxygen atoms in total. The average molecular weight is 368 g/mol. The predicted molar refractivity (Wildman–Crippen MR) is 107 cm³/mol. The minimum atomic E-state index is -0.320. The number of aromatic hydroxyl groups is 1. The topological polar surface area (TPSA) is 68.7 Å². The number of piperazine rings is 1.